The molecule has 0 fully saturated rings. The summed E-state index contributed by atoms with van der Waals surface area (Å²) in [5.41, 5.74) is 1.45. The highest BCUT2D eigenvalue weighted by Gasteiger charge is 2.20. The van der Waals surface area contributed by atoms with Gasteiger partial charge in [0.2, 0.25) is 0 Å². The minimum Gasteiger partial charge on any atom is -0.316 e. The van der Waals surface area contributed by atoms with Crippen molar-refractivity contribution in [2.75, 3.05) is 7.05 Å². The van der Waals surface area contributed by atoms with Crippen LogP contribution in [-0.4, -0.2) is 13.1 Å². The number of rotatable bonds is 9. The summed E-state index contributed by atoms with van der Waals surface area (Å²) >= 11 is 0. The Balaban J connectivity index is 2.61. The molecule has 1 aromatic carbocycles. The van der Waals surface area contributed by atoms with Gasteiger partial charge in [-0.25, -0.2) is 0 Å². The van der Waals surface area contributed by atoms with E-state index in [4.69, 9.17) is 0 Å². The number of benzene rings is 1. The van der Waals surface area contributed by atoms with Gasteiger partial charge in [-0.1, -0.05) is 76.8 Å². The van der Waals surface area contributed by atoms with E-state index in [0.29, 0.717) is 12.0 Å². The molecule has 19 heavy (non-hydrogen) atoms. The molecule has 1 aromatic rings. The van der Waals surface area contributed by atoms with Crippen LogP contribution in [0, 0.1) is 5.92 Å². The smallest absolute Gasteiger partial charge is 0.0133 e. The molecule has 3 unspecified atom stereocenters. The second kappa shape index (κ2) is 9.14. The molecule has 0 aromatic heterocycles. The molecule has 0 saturated carbocycles. The predicted octanol–water partition coefficient (Wildman–Crippen LogP) is 4.98. The lowest BCUT2D eigenvalue weighted by atomic mass is 9.84. The first-order valence-electron chi connectivity index (χ1n) is 7.95. The van der Waals surface area contributed by atoms with Gasteiger partial charge < -0.3 is 5.32 Å². The zero-order valence-corrected chi connectivity index (χ0v) is 13.2. The van der Waals surface area contributed by atoms with Gasteiger partial charge >= 0.3 is 0 Å². The van der Waals surface area contributed by atoms with Crippen molar-refractivity contribution >= 4 is 0 Å². The molecule has 1 N–H and O–H groups in total. The first kappa shape index (κ1) is 16.2. The van der Waals surface area contributed by atoms with Crippen LogP contribution in [-0.2, 0) is 0 Å². The Bertz CT molecular complexity index is 320. The Morgan fingerprint density at radius 1 is 1.11 bits per heavy atom. The number of unbranched alkanes of at least 4 members (excludes halogenated alkanes) is 1. The van der Waals surface area contributed by atoms with Crippen LogP contribution < -0.4 is 5.32 Å². The fourth-order valence-corrected chi connectivity index (χ4v) is 2.90. The third-order valence-corrected chi connectivity index (χ3v) is 4.43. The van der Waals surface area contributed by atoms with Gasteiger partial charge in [-0.2, -0.15) is 0 Å². The van der Waals surface area contributed by atoms with Gasteiger partial charge in [-0.05, 0) is 30.9 Å². The van der Waals surface area contributed by atoms with Gasteiger partial charge in [0, 0.05) is 6.04 Å². The van der Waals surface area contributed by atoms with E-state index < -0.39 is 0 Å². The Kier molecular flexibility index (Phi) is 7.81. The molecule has 0 aliphatic rings. The first-order chi connectivity index (χ1) is 9.22. The van der Waals surface area contributed by atoms with E-state index in [1.807, 2.05) is 0 Å². The zero-order valence-electron chi connectivity index (χ0n) is 13.2. The molecule has 0 bridgehead atoms. The Morgan fingerprint density at radius 2 is 1.79 bits per heavy atom. The average Bonchev–Trinajstić information content (AvgIpc) is 2.48. The summed E-state index contributed by atoms with van der Waals surface area (Å²) < 4.78 is 0. The topological polar surface area (TPSA) is 12.0 Å². The van der Waals surface area contributed by atoms with E-state index in [-0.39, 0.29) is 0 Å². The van der Waals surface area contributed by atoms with Crippen LogP contribution in [0.25, 0.3) is 0 Å². The van der Waals surface area contributed by atoms with Crippen LogP contribution in [0.1, 0.15) is 64.4 Å². The first-order valence-corrected chi connectivity index (χ1v) is 7.95. The van der Waals surface area contributed by atoms with Crippen molar-refractivity contribution in [1.82, 2.24) is 5.32 Å². The SMILES string of the molecule is CCCCC(CC)CC(NC)C(C)c1ccccc1. The predicted molar refractivity (Wildman–Crippen MR) is 85.6 cm³/mol. The fraction of sp³-hybridized carbons (Fsp3) is 0.667. The lowest BCUT2D eigenvalue weighted by molar-refractivity contribution is 0.335. The van der Waals surface area contributed by atoms with Crippen molar-refractivity contribution in [3.05, 3.63) is 35.9 Å². The van der Waals surface area contributed by atoms with Crippen molar-refractivity contribution in [2.24, 2.45) is 5.92 Å². The van der Waals surface area contributed by atoms with Gasteiger partial charge in [-0.3, -0.25) is 0 Å². The van der Waals surface area contributed by atoms with Crippen LogP contribution in [0.4, 0.5) is 0 Å². The maximum atomic E-state index is 3.54. The lowest BCUT2D eigenvalue weighted by Gasteiger charge is -2.28. The molecule has 108 valence electrons. The molecule has 1 nitrogen and oxygen atoms in total. The standard InChI is InChI=1S/C18H31N/c1-5-7-11-16(6-2)14-18(19-4)15(3)17-12-9-8-10-13-17/h8-10,12-13,15-16,18-19H,5-7,11,14H2,1-4H3. The summed E-state index contributed by atoms with van der Waals surface area (Å²) in [4.78, 5) is 0. The van der Waals surface area contributed by atoms with Crippen LogP contribution in [0.2, 0.25) is 0 Å². The van der Waals surface area contributed by atoms with Crippen LogP contribution in [0.3, 0.4) is 0 Å². The van der Waals surface area contributed by atoms with Crippen LogP contribution in [0.5, 0.6) is 0 Å². The summed E-state index contributed by atoms with van der Waals surface area (Å²) in [7, 11) is 2.11. The summed E-state index contributed by atoms with van der Waals surface area (Å²) in [5, 5.41) is 3.54. The van der Waals surface area contributed by atoms with Crippen molar-refractivity contribution in [3.8, 4) is 0 Å². The van der Waals surface area contributed by atoms with E-state index in [2.05, 4.69) is 63.5 Å². The minimum absolute atomic E-state index is 0.585. The summed E-state index contributed by atoms with van der Waals surface area (Å²) in [5.74, 6) is 1.45. The van der Waals surface area contributed by atoms with E-state index in [1.165, 1.54) is 37.7 Å². The van der Waals surface area contributed by atoms with Crippen molar-refractivity contribution < 1.29 is 0 Å². The molecule has 0 amide bonds. The van der Waals surface area contributed by atoms with E-state index >= 15 is 0 Å². The summed E-state index contributed by atoms with van der Waals surface area (Å²) in [6.07, 6.45) is 6.67. The molecular weight excluding hydrogens is 230 g/mol. The van der Waals surface area contributed by atoms with E-state index in [9.17, 15) is 0 Å². The minimum atomic E-state index is 0.585. The van der Waals surface area contributed by atoms with Gasteiger partial charge in [0.25, 0.3) is 0 Å². The lowest BCUT2D eigenvalue weighted by Crippen LogP contribution is -2.33. The molecule has 3 atom stereocenters. The second-order valence-electron chi connectivity index (χ2n) is 5.75. The summed E-state index contributed by atoms with van der Waals surface area (Å²) in [6.45, 7) is 6.97. The van der Waals surface area contributed by atoms with Crippen LogP contribution in [0.15, 0.2) is 30.3 Å². The maximum absolute atomic E-state index is 3.54. The third kappa shape index (κ3) is 5.36. The number of nitrogens with one attached hydrogen (secondary N) is 1. The van der Waals surface area contributed by atoms with Crippen LogP contribution >= 0.6 is 0 Å². The number of hydrogen-bond acceptors (Lipinski definition) is 1. The summed E-state index contributed by atoms with van der Waals surface area (Å²) in [6, 6.07) is 11.5. The van der Waals surface area contributed by atoms with Crippen molar-refractivity contribution in [2.45, 2.75) is 64.8 Å². The molecular formula is C18H31N. The molecule has 0 saturated heterocycles. The fourth-order valence-electron chi connectivity index (χ4n) is 2.90. The van der Waals surface area contributed by atoms with E-state index in [1.54, 1.807) is 0 Å². The third-order valence-electron chi connectivity index (χ3n) is 4.43. The Labute approximate surface area is 119 Å². The van der Waals surface area contributed by atoms with Crippen molar-refractivity contribution in [3.63, 3.8) is 0 Å². The highest BCUT2D eigenvalue weighted by Crippen LogP contribution is 2.26. The van der Waals surface area contributed by atoms with E-state index in [0.717, 1.165) is 5.92 Å². The Morgan fingerprint density at radius 3 is 2.32 bits per heavy atom. The largest absolute Gasteiger partial charge is 0.316 e. The second-order valence-corrected chi connectivity index (χ2v) is 5.75. The van der Waals surface area contributed by atoms with Gasteiger partial charge in [0.1, 0.15) is 0 Å². The molecule has 0 aliphatic heterocycles. The van der Waals surface area contributed by atoms with Gasteiger partial charge in [0.05, 0.1) is 0 Å². The highest BCUT2D eigenvalue weighted by molar-refractivity contribution is 5.20. The molecule has 0 aliphatic carbocycles. The number of likely N-dealkylation sites (N-methyl/N-ethyl adjacent to an activating group) is 1. The number of hydrogen-bond donors (Lipinski definition) is 1. The average molecular weight is 261 g/mol. The van der Waals surface area contributed by atoms with Gasteiger partial charge in [0.15, 0.2) is 0 Å². The van der Waals surface area contributed by atoms with Gasteiger partial charge in [-0.15, -0.1) is 0 Å². The molecule has 1 rings (SSSR count). The molecule has 0 radical (unpaired) electrons. The molecule has 0 spiro atoms. The normalized spacial score (nSPS) is 16.0. The zero-order chi connectivity index (χ0) is 14.1. The highest BCUT2D eigenvalue weighted by atomic mass is 14.9. The molecule has 1 heteroatoms. The Hall–Kier alpha value is -0.820. The quantitative estimate of drug-likeness (QED) is 0.660. The molecule has 0 heterocycles. The van der Waals surface area contributed by atoms with Crippen molar-refractivity contribution in [1.29, 1.82) is 0 Å². The maximum Gasteiger partial charge on any atom is 0.0133 e. The monoisotopic (exact) mass is 261 g/mol.